The van der Waals surface area contributed by atoms with Crippen LogP contribution in [0.5, 0.6) is 0 Å². The monoisotopic (exact) mass is 380 g/mol. The van der Waals surface area contributed by atoms with E-state index in [9.17, 15) is 29.4 Å². The summed E-state index contributed by atoms with van der Waals surface area (Å²) >= 11 is 0. The highest BCUT2D eigenvalue weighted by Crippen LogP contribution is 2.27. The van der Waals surface area contributed by atoms with Gasteiger partial charge in [0.15, 0.2) is 0 Å². The lowest BCUT2D eigenvalue weighted by atomic mass is 10.1. The van der Waals surface area contributed by atoms with Crippen LogP contribution < -0.4 is 5.32 Å². The third kappa shape index (κ3) is 5.33. The quantitative estimate of drug-likeness (QED) is 0.553. The van der Waals surface area contributed by atoms with Crippen LogP contribution in [0.2, 0.25) is 0 Å². The van der Waals surface area contributed by atoms with E-state index in [2.05, 4.69) is 5.32 Å². The first-order valence-electron chi connectivity index (χ1n) is 8.23. The Kier molecular flexibility index (Phi) is 6.58. The first-order chi connectivity index (χ1) is 12.8. The number of likely N-dealkylation sites (tertiary alicyclic amines) is 1. The summed E-state index contributed by atoms with van der Waals surface area (Å²) in [6.45, 7) is -0.0508. The molecule has 2 rings (SSSR count). The van der Waals surface area contributed by atoms with Crippen molar-refractivity contribution in [2.75, 3.05) is 0 Å². The minimum absolute atomic E-state index is 0.0508. The van der Waals surface area contributed by atoms with E-state index < -0.39 is 42.3 Å². The largest absolute Gasteiger partial charge is 0.480 e. The second kappa shape index (κ2) is 8.88. The van der Waals surface area contributed by atoms with E-state index in [0.29, 0.717) is 0 Å². The normalized spacial score (nSPS) is 19.9. The van der Waals surface area contributed by atoms with Gasteiger partial charge in [0.2, 0.25) is 0 Å². The van der Waals surface area contributed by atoms with E-state index in [1.165, 1.54) is 0 Å². The van der Waals surface area contributed by atoms with Gasteiger partial charge in [-0.25, -0.2) is 19.2 Å². The van der Waals surface area contributed by atoms with E-state index in [1.54, 1.807) is 30.3 Å². The van der Waals surface area contributed by atoms with E-state index in [4.69, 9.17) is 9.84 Å². The van der Waals surface area contributed by atoms with Gasteiger partial charge in [-0.2, -0.15) is 0 Å². The number of aliphatic carboxylic acids is 2. The fraction of sp³-hybridized carbons (Fsp3) is 0.412. The summed E-state index contributed by atoms with van der Waals surface area (Å²) in [5, 5.41) is 29.9. The lowest BCUT2D eigenvalue weighted by Crippen LogP contribution is -2.49. The number of carboxylic acids is 2. The van der Waals surface area contributed by atoms with Crippen LogP contribution in [0.15, 0.2) is 30.3 Å². The molecule has 27 heavy (non-hydrogen) atoms. The van der Waals surface area contributed by atoms with Gasteiger partial charge >= 0.3 is 24.1 Å². The lowest BCUT2D eigenvalue weighted by Gasteiger charge is -2.27. The first-order valence-corrected chi connectivity index (χ1v) is 8.23. The van der Waals surface area contributed by atoms with Gasteiger partial charge in [-0.15, -0.1) is 0 Å². The van der Waals surface area contributed by atoms with Gasteiger partial charge in [-0.3, -0.25) is 4.90 Å². The molecule has 0 saturated carbocycles. The van der Waals surface area contributed by atoms with Gasteiger partial charge in [0.05, 0.1) is 0 Å². The molecule has 10 heteroatoms. The van der Waals surface area contributed by atoms with Crippen molar-refractivity contribution in [3.8, 4) is 0 Å². The van der Waals surface area contributed by atoms with Crippen molar-refractivity contribution in [1.29, 1.82) is 0 Å². The predicted octanol–water partition coefficient (Wildman–Crippen LogP) is 1.35. The summed E-state index contributed by atoms with van der Waals surface area (Å²) in [5.74, 6) is -2.65. The first kappa shape index (κ1) is 20.0. The molecule has 0 aliphatic carbocycles. The fourth-order valence-corrected chi connectivity index (χ4v) is 3.05. The Labute approximate surface area is 154 Å². The molecule has 1 fully saturated rings. The van der Waals surface area contributed by atoms with Crippen LogP contribution >= 0.6 is 0 Å². The van der Waals surface area contributed by atoms with E-state index >= 15 is 0 Å². The SMILES string of the molecule is O=C(NC(C[C@@H]1CC[C@@H](C(=O)O)N1C(=O)O)C(=O)O)OCc1ccccc1. The third-order valence-electron chi connectivity index (χ3n) is 4.32. The number of carbonyl (C=O) groups is 4. The van der Waals surface area contributed by atoms with Crippen molar-refractivity contribution < 1.29 is 39.2 Å². The molecule has 1 aliphatic rings. The van der Waals surface area contributed by atoms with E-state index in [1.807, 2.05) is 0 Å². The number of nitrogens with zero attached hydrogens (tertiary/aromatic N) is 1. The lowest BCUT2D eigenvalue weighted by molar-refractivity contribution is -0.142. The van der Waals surface area contributed by atoms with Gasteiger partial charge in [-0.1, -0.05) is 30.3 Å². The molecule has 0 aromatic heterocycles. The predicted molar refractivity (Wildman–Crippen MR) is 90.1 cm³/mol. The molecule has 10 nitrogen and oxygen atoms in total. The Bertz CT molecular complexity index is 708. The number of benzene rings is 1. The Balaban J connectivity index is 1.96. The number of carbonyl (C=O) groups excluding carboxylic acids is 1. The number of carboxylic acid groups (broad SMARTS) is 3. The van der Waals surface area contributed by atoms with Gasteiger partial charge in [-0.05, 0) is 24.8 Å². The topological polar surface area (TPSA) is 153 Å². The van der Waals surface area contributed by atoms with Gasteiger partial charge in [0.25, 0.3) is 0 Å². The van der Waals surface area contributed by atoms with E-state index in [0.717, 1.165) is 10.5 Å². The average Bonchev–Trinajstić information content (AvgIpc) is 3.04. The fourth-order valence-electron chi connectivity index (χ4n) is 3.05. The number of amides is 2. The highest BCUT2D eigenvalue weighted by Gasteiger charge is 2.43. The minimum Gasteiger partial charge on any atom is -0.480 e. The number of alkyl carbamates (subject to hydrolysis) is 1. The molecular weight excluding hydrogens is 360 g/mol. The number of rotatable bonds is 7. The summed E-state index contributed by atoms with van der Waals surface area (Å²) in [5.41, 5.74) is 0.719. The van der Waals surface area contributed by atoms with Crippen LogP contribution in [-0.2, 0) is 20.9 Å². The average molecular weight is 380 g/mol. The maximum absolute atomic E-state index is 11.9. The van der Waals surface area contributed by atoms with Gasteiger partial charge < -0.3 is 25.4 Å². The number of ether oxygens (including phenoxy) is 1. The molecule has 1 saturated heterocycles. The molecule has 146 valence electrons. The number of hydrogen-bond acceptors (Lipinski definition) is 5. The summed E-state index contributed by atoms with van der Waals surface area (Å²) in [7, 11) is 0. The third-order valence-corrected chi connectivity index (χ3v) is 4.32. The molecule has 1 unspecified atom stereocenters. The molecule has 1 aromatic rings. The summed E-state index contributed by atoms with van der Waals surface area (Å²) in [4.78, 5) is 46.6. The number of nitrogens with one attached hydrogen (secondary N) is 1. The molecule has 3 atom stereocenters. The van der Waals surface area contributed by atoms with Crippen molar-refractivity contribution in [2.24, 2.45) is 0 Å². The Hall–Kier alpha value is -3.30. The second-order valence-corrected chi connectivity index (χ2v) is 6.11. The smallest absolute Gasteiger partial charge is 0.408 e. The maximum atomic E-state index is 11.9. The summed E-state index contributed by atoms with van der Waals surface area (Å²) in [6.07, 6.45) is -2.39. The van der Waals surface area contributed by atoms with Crippen LogP contribution in [0.1, 0.15) is 24.8 Å². The molecule has 1 aliphatic heterocycles. The van der Waals surface area contributed by atoms with Crippen LogP contribution in [0, 0.1) is 0 Å². The van der Waals surface area contributed by atoms with Gasteiger partial charge in [0, 0.05) is 6.04 Å². The number of hydrogen-bond donors (Lipinski definition) is 4. The highest BCUT2D eigenvalue weighted by atomic mass is 16.5. The molecule has 0 spiro atoms. The van der Waals surface area contributed by atoms with E-state index in [-0.39, 0.29) is 25.9 Å². The summed E-state index contributed by atoms with van der Waals surface area (Å²) in [6, 6.07) is 5.31. The standard InChI is InChI=1S/C17H20N2O8/c20-14(21)12(18-16(24)27-9-10-4-2-1-3-5-10)8-11-6-7-13(15(22)23)19(11)17(25)26/h1-5,11-13H,6-9H2,(H,18,24)(H,20,21)(H,22,23)(H,25,26)/t11-,12?,13-/m0/s1. The maximum Gasteiger partial charge on any atom is 0.408 e. The molecule has 0 bridgehead atoms. The minimum atomic E-state index is -1.44. The molecule has 4 N–H and O–H groups in total. The van der Waals surface area contributed by atoms with Crippen LogP contribution in [0.25, 0.3) is 0 Å². The van der Waals surface area contributed by atoms with Crippen molar-refractivity contribution in [3.63, 3.8) is 0 Å². The van der Waals surface area contributed by atoms with Crippen molar-refractivity contribution >= 4 is 24.1 Å². The second-order valence-electron chi connectivity index (χ2n) is 6.11. The van der Waals surface area contributed by atoms with Crippen LogP contribution in [0.3, 0.4) is 0 Å². The summed E-state index contributed by atoms with van der Waals surface area (Å²) < 4.78 is 4.97. The molecule has 1 heterocycles. The van der Waals surface area contributed by atoms with Gasteiger partial charge in [0.1, 0.15) is 18.7 Å². The Morgan fingerprint density at radius 1 is 1.11 bits per heavy atom. The molecule has 2 amide bonds. The van der Waals surface area contributed by atoms with Crippen molar-refractivity contribution in [3.05, 3.63) is 35.9 Å². The molecule has 0 radical (unpaired) electrons. The zero-order valence-corrected chi connectivity index (χ0v) is 14.3. The van der Waals surface area contributed by atoms with Crippen molar-refractivity contribution in [1.82, 2.24) is 10.2 Å². The van der Waals surface area contributed by atoms with Crippen molar-refractivity contribution in [2.45, 2.75) is 44.0 Å². The van der Waals surface area contributed by atoms with Crippen LogP contribution in [-0.4, -0.2) is 62.5 Å². The highest BCUT2D eigenvalue weighted by molar-refractivity contribution is 5.81. The zero-order valence-electron chi connectivity index (χ0n) is 14.3. The Morgan fingerprint density at radius 3 is 2.33 bits per heavy atom. The molecular formula is C17H20N2O8. The van der Waals surface area contributed by atoms with Crippen LogP contribution in [0.4, 0.5) is 9.59 Å². The zero-order chi connectivity index (χ0) is 20.0. The molecule has 1 aromatic carbocycles. The Morgan fingerprint density at radius 2 is 1.78 bits per heavy atom.